The Morgan fingerprint density at radius 2 is 2.04 bits per heavy atom. The molecule has 1 aliphatic carbocycles. The van der Waals surface area contributed by atoms with Gasteiger partial charge in [-0.15, -0.1) is 0 Å². The van der Waals surface area contributed by atoms with Crippen LogP contribution in [-0.2, 0) is 11.2 Å². The number of hydrogen-bond acceptors (Lipinski definition) is 3. The van der Waals surface area contributed by atoms with Crippen molar-refractivity contribution in [2.75, 3.05) is 6.54 Å². The highest BCUT2D eigenvalue weighted by atomic mass is 16.6. The van der Waals surface area contributed by atoms with E-state index >= 15 is 0 Å². The Balaban J connectivity index is 1.84. The molecule has 1 saturated carbocycles. The summed E-state index contributed by atoms with van der Waals surface area (Å²) < 4.78 is 7.55. The molecule has 0 spiro atoms. The molecule has 5 nitrogen and oxygen atoms in total. The number of ether oxygens (including phenoxy) is 1. The van der Waals surface area contributed by atoms with Crippen molar-refractivity contribution >= 4 is 6.09 Å². The second-order valence-electron chi connectivity index (χ2n) is 8.37. The zero-order chi connectivity index (χ0) is 17.1. The van der Waals surface area contributed by atoms with Gasteiger partial charge in [0.2, 0.25) is 0 Å². The highest BCUT2D eigenvalue weighted by molar-refractivity contribution is 5.67. The maximum Gasteiger partial charge on any atom is 0.407 e. The Hall–Kier alpha value is -1.52. The van der Waals surface area contributed by atoms with Gasteiger partial charge in [-0.25, -0.2) is 9.78 Å². The van der Waals surface area contributed by atoms with Crippen LogP contribution in [0.15, 0.2) is 12.5 Å². The standard InChI is InChI=1S/C18H31N3O2/c1-17(2,3)23-16(22)20-11-8-15-12-19-13-21(15)14-6-9-18(4,5)10-7-14/h12-14H,6-11H2,1-5H3,(H,20,22). The normalized spacial score (nSPS) is 18.7. The van der Waals surface area contributed by atoms with E-state index in [0.717, 1.165) is 6.42 Å². The summed E-state index contributed by atoms with van der Waals surface area (Å²) in [7, 11) is 0. The molecular formula is C18H31N3O2. The van der Waals surface area contributed by atoms with Crippen molar-refractivity contribution in [1.29, 1.82) is 0 Å². The van der Waals surface area contributed by atoms with Crippen LogP contribution >= 0.6 is 0 Å². The number of carbonyl (C=O) groups excluding carboxylic acids is 1. The zero-order valence-electron chi connectivity index (χ0n) is 15.2. The lowest BCUT2D eigenvalue weighted by atomic mass is 9.75. The van der Waals surface area contributed by atoms with Crippen molar-refractivity contribution in [1.82, 2.24) is 14.9 Å². The average Bonchev–Trinajstić information content (AvgIpc) is 2.85. The number of carbonyl (C=O) groups is 1. The molecule has 130 valence electrons. The van der Waals surface area contributed by atoms with Crippen LogP contribution in [0.4, 0.5) is 4.79 Å². The number of aromatic nitrogens is 2. The van der Waals surface area contributed by atoms with Crippen molar-refractivity contribution in [2.45, 2.75) is 78.4 Å². The first-order valence-electron chi connectivity index (χ1n) is 8.64. The molecule has 0 atom stereocenters. The van der Waals surface area contributed by atoms with E-state index in [-0.39, 0.29) is 6.09 Å². The lowest BCUT2D eigenvalue weighted by Crippen LogP contribution is -2.34. The summed E-state index contributed by atoms with van der Waals surface area (Å²) >= 11 is 0. The van der Waals surface area contributed by atoms with Gasteiger partial charge in [-0.3, -0.25) is 0 Å². The minimum absolute atomic E-state index is 0.358. The van der Waals surface area contributed by atoms with Crippen LogP contribution in [-0.4, -0.2) is 27.8 Å². The summed E-state index contributed by atoms with van der Waals surface area (Å²) in [5, 5.41) is 2.82. The van der Waals surface area contributed by atoms with Crippen LogP contribution in [0.2, 0.25) is 0 Å². The molecule has 1 amide bonds. The number of alkyl carbamates (subject to hydrolysis) is 1. The molecule has 0 radical (unpaired) electrons. The SMILES string of the molecule is CC1(C)CCC(n2cncc2CCNC(=O)OC(C)(C)C)CC1. The fourth-order valence-electron chi connectivity index (χ4n) is 3.12. The Bertz CT molecular complexity index is 519. The van der Waals surface area contributed by atoms with Crippen molar-refractivity contribution in [3.8, 4) is 0 Å². The number of nitrogens with one attached hydrogen (secondary N) is 1. The van der Waals surface area contributed by atoms with Crippen LogP contribution < -0.4 is 5.32 Å². The molecule has 23 heavy (non-hydrogen) atoms. The van der Waals surface area contributed by atoms with E-state index in [4.69, 9.17) is 4.74 Å². The molecule has 1 fully saturated rings. The quantitative estimate of drug-likeness (QED) is 0.908. The summed E-state index contributed by atoms with van der Waals surface area (Å²) in [6.07, 6.45) is 9.19. The highest BCUT2D eigenvalue weighted by Gasteiger charge is 2.28. The highest BCUT2D eigenvalue weighted by Crippen LogP contribution is 2.40. The van der Waals surface area contributed by atoms with Crippen molar-refractivity contribution in [3.63, 3.8) is 0 Å². The lowest BCUT2D eigenvalue weighted by molar-refractivity contribution is 0.0528. The molecule has 1 N–H and O–H groups in total. The molecule has 5 heteroatoms. The zero-order valence-corrected chi connectivity index (χ0v) is 15.2. The number of hydrogen-bond donors (Lipinski definition) is 1. The third-order valence-electron chi connectivity index (χ3n) is 4.50. The molecule has 0 aliphatic heterocycles. The molecule has 1 aromatic heterocycles. The second-order valence-corrected chi connectivity index (χ2v) is 8.37. The molecule has 1 aromatic rings. The third-order valence-corrected chi connectivity index (χ3v) is 4.50. The Kier molecular flexibility index (Phi) is 5.37. The fraction of sp³-hybridized carbons (Fsp3) is 0.778. The predicted molar refractivity (Wildman–Crippen MR) is 91.5 cm³/mol. The Labute approximate surface area is 139 Å². The van der Waals surface area contributed by atoms with Gasteiger partial charge in [0.15, 0.2) is 0 Å². The van der Waals surface area contributed by atoms with Gasteiger partial charge >= 0.3 is 6.09 Å². The molecule has 1 aliphatic rings. The van der Waals surface area contributed by atoms with E-state index in [1.165, 1.54) is 31.4 Å². The van der Waals surface area contributed by atoms with Gasteiger partial charge in [0.1, 0.15) is 5.60 Å². The fourth-order valence-corrected chi connectivity index (χ4v) is 3.12. The number of imidazole rings is 1. The van der Waals surface area contributed by atoms with Gasteiger partial charge < -0.3 is 14.6 Å². The van der Waals surface area contributed by atoms with Gasteiger partial charge in [0.25, 0.3) is 0 Å². The summed E-state index contributed by atoms with van der Waals surface area (Å²) in [5.74, 6) is 0. The minimum atomic E-state index is -0.458. The van der Waals surface area contributed by atoms with Gasteiger partial charge in [-0.05, 0) is 51.9 Å². The predicted octanol–water partition coefficient (Wildman–Crippen LogP) is 4.09. The van der Waals surface area contributed by atoms with Crippen LogP contribution in [0.25, 0.3) is 0 Å². The molecule has 0 unspecified atom stereocenters. The molecule has 2 rings (SSSR count). The second kappa shape index (κ2) is 6.93. The molecule has 0 saturated heterocycles. The summed E-state index contributed by atoms with van der Waals surface area (Å²) in [6, 6.07) is 0.544. The lowest BCUT2D eigenvalue weighted by Gasteiger charge is -2.35. The third kappa shape index (κ3) is 5.56. The molecule has 0 aromatic carbocycles. The van der Waals surface area contributed by atoms with Gasteiger partial charge in [0, 0.05) is 30.9 Å². The van der Waals surface area contributed by atoms with Crippen LogP contribution in [0.3, 0.4) is 0 Å². The monoisotopic (exact) mass is 321 g/mol. The number of rotatable bonds is 4. The average molecular weight is 321 g/mol. The van der Waals surface area contributed by atoms with E-state index in [0.29, 0.717) is 18.0 Å². The number of nitrogens with zero attached hydrogens (tertiary/aromatic N) is 2. The smallest absolute Gasteiger partial charge is 0.407 e. The van der Waals surface area contributed by atoms with E-state index in [2.05, 4.69) is 28.7 Å². The first kappa shape index (κ1) is 17.8. The van der Waals surface area contributed by atoms with E-state index < -0.39 is 5.60 Å². The summed E-state index contributed by atoms with van der Waals surface area (Å²) in [5.41, 5.74) is 1.20. The first-order valence-corrected chi connectivity index (χ1v) is 8.64. The summed E-state index contributed by atoms with van der Waals surface area (Å²) in [6.45, 7) is 10.9. The van der Waals surface area contributed by atoms with Crippen molar-refractivity contribution < 1.29 is 9.53 Å². The van der Waals surface area contributed by atoms with Crippen LogP contribution in [0.1, 0.15) is 72.0 Å². The van der Waals surface area contributed by atoms with Gasteiger partial charge in [-0.1, -0.05) is 13.8 Å². The van der Waals surface area contributed by atoms with E-state index in [1.807, 2.05) is 33.3 Å². The van der Waals surface area contributed by atoms with Crippen molar-refractivity contribution in [2.24, 2.45) is 5.41 Å². The van der Waals surface area contributed by atoms with Crippen LogP contribution in [0, 0.1) is 5.41 Å². The topological polar surface area (TPSA) is 56.2 Å². The van der Waals surface area contributed by atoms with Crippen LogP contribution in [0.5, 0.6) is 0 Å². The maximum atomic E-state index is 11.7. The van der Waals surface area contributed by atoms with E-state index in [1.54, 1.807) is 0 Å². The van der Waals surface area contributed by atoms with Gasteiger partial charge in [0.05, 0.1) is 6.33 Å². The van der Waals surface area contributed by atoms with E-state index in [9.17, 15) is 4.79 Å². The maximum absolute atomic E-state index is 11.7. The minimum Gasteiger partial charge on any atom is -0.444 e. The Morgan fingerprint density at radius 1 is 1.39 bits per heavy atom. The largest absolute Gasteiger partial charge is 0.444 e. The first-order chi connectivity index (χ1) is 10.7. The molecule has 1 heterocycles. The van der Waals surface area contributed by atoms with Gasteiger partial charge in [-0.2, -0.15) is 0 Å². The Morgan fingerprint density at radius 3 is 2.65 bits per heavy atom. The molecular weight excluding hydrogens is 290 g/mol. The van der Waals surface area contributed by atoms with Crippen molar-refractivity contribution in [3.05, 3.63) is 18.2 Å². The molecule has 0 bridgehead atoms. The summed E-state index contributed by atoms with van der Waals surface area (Å²) in [4.78, 5) is 16.0. The number of amides is 1.